The van der Waals surface area contributed by atoms with Gasteiger partial charge in [-0.05, 0) is 67.6 Å². The zero-order valence-electron chi connectivity index (χ0n) is 19.2. The normalized spacial score (nSPS) is 15.6. The van der Waals surface area contributed by atoms with Crippen molar-refractivity contribution in [3.05, 3.63) is 88.4 Å². The Balaban J connectivity index is 1.31. The van der Waals surface area contributed by atoms with E-state index in [1.807, 2.05) is 6.92 Å². The molecule has 0 saturated carbocycles. The number of carbonyl (C=O) groups excluding carboxylic acids is 3. The zero-order chi connectivity index (χ0) is 25.9. The summed E-state index contributed by atoms with van der Waals surface area (Å²) >= 11 is 3.34. The van der Waals surface area contributed by atoms with Crippen LogP contribution in [0.15, 0.2) is 82.2 Å². The fraction of sp³-hybridized carbons (Fsp3) is 0.192. The second-order valence-corrected chi connectivity index (χ2v) is 10.7. The molecule has 4 rings (SSSR count). The van der Waals surface area contributed by atoms with E-state index < -0.39 is 34.4 Å². The number of nitrogens with zero attached hydrogens (tertiary/aromatic N) is 1. The van der Waals surface area contributed by atoms with E-state index in [2.05, 4.69) is 15.9 Å². The van der Waals surface area contributed by atoms with Gasteiger partial charge >= 0.3 is 16.1 Å². The van der Waals surface area contributed by atoms with Gasteiger partial charge in [-0.15, -0.1) is 0 Å². The van der Waals surface area contributed by atoms with Gasteiger partial charge in [0.1, 0.15) is 10.6 Å². The van der Waals surface area contributed by atoms with Crippen molar-refractivity contribution in [2.75, 3.05) is 18.1 Å². The van der Waals surface area contributed by atoms with Crippen LogP contribution in [0.5, 0.6) is 5.75 Å². The first-order valence-corrected chi connectivity index (χ1v) is 13.2. The van der Waals surface area contributed by atoms with Crippen LogP contribution in [-0.2, 0) is 24.4 Å². The first-order valence-electron chi connectivity index (χ1n) is 11.0. The van der Waals surface area contributed by atoms with Crippen LogP contribution in [0.1, 0.15) is 22.3 Å². The number of rotatable bonds is 8. The van der Waals surface area contributed by atoms with E-state index in [1.54, 1.807) is 36.4 Å². The Morgan fingerprint density at radius 1 is 0.972 bits per heavy atom. The van der Waals surface area contributed by atoms with Crippen LogP contribution in [0, 0.1) is 12.8 Å². The summed E-state index contributed by atoms with van der Waals surface area (Å²) in [7, 11) is -4.01. The van der Waals surface area contributed by atoms with E-state index in [-0.39, 0.29) is 35.1 Å². The Hall–Kier alpha value is -3.50. The van der Waals surface area contributed by atoms with E-state index in [9.17, 15) is 22.8 Å². The van der Waals surface area contributed by atoms with Crippen LogP contribution in [0.2, 0.25) is 0 Å². The van der Waals surface area contributed by atoms with Crippen LogP contribution in [0.4, 0.5) is 5.69 Å². The van der Waals surface area contributed by atoms with Gasteiger partial charge in [0.2, 0.25) is 5.91 Å². The first-order chi connectivity index (χ1) is 17.1. The molecule has 0 radical (unpaired) electrons. The Morgan fingerprint density at radius 3 is 2.25 bits per heavy atom. The fourth-order valence-corrected chi connectivity index (χ4v) is 4.84. The third kappa shape index (κ3) is 6.00. The van der Waals surface area contributed by atoms with E-state index >= 15 is 0 Å². The summed E-state index contributed by atoms with van der Waals surface area (Å²) in [6.07, 6.45) is 0.00454. The zero-order valence-corrected chi connectivity index (χ0v) is 21.6. The number of hydrogen-bond acceptors (Lipinski definition) is 7. The molecule has 10 heteroatoms. The lowest BCUT2D eigenvalue weighted by Gasteiger charge is -2.16. The molecular weight excluding hydrogens is 550 g/mol. The van der Waals surface area contributed by atoms with E-state index in [0.29, 0.717) is 5.69 Å². The number of halogens is 1. The number of aryl methyl sites for hydroxylation is 1. The molecule has 1 amide bonds. The maximum atomic E-state index is 12.5. The molecule has 8 nitrogen and oxygen atoms in total. The van der Waals surface area contributed by atoms with Gasteiger partial charge in [-0.25, -0.2) is 0 Å². The second kappa shape index (κ2) is 10.6. The van der Waals surface area contributed by atoms with Crippen LogP contribution in [-0.4, -0.2) is 39.2 Å². The summed E-state index contributed by atoms with van der Waals surface area (Å²) in [5, 5.41) is 0. The summed E-state index contributed by atoms with van der Waals surface area (Å²) in [6.45, 7) is 1.52. The molecule has 1 aliphatic heterocycles. The molecule has 3 aromatic carbocycles. The minimum atomic E-state index is -4.01. The fourth-order valence-electron chi connectivity index (χ4n) is 3.65. The van der Waals surface area contributed by atoms with Crippen molar-refractivity contribution in [3.8, 4) is 5.75 Å². The number of anilines is 1. The van der Waals surface area contributed by atoms with Gasteiger partial charge in [0.25, 0.3) is 0 Å². The quantitative estimate of drug-likeness (QED) is 0.225. The number of Topliss-reactive ketones (excluding diaryl/α,β-unsaturated/α-hetero) is 1. The molecule has 0 bridgehead atoms. The highest BCUT2D eigenvalue weighted by molar-refractivity contribution is 9.10. The van der Waals surface area contributed by atoms with Gasteiger partial charge in [0.15, 0.2) is 12.4 Å². The molecule has 1 atom stereocenters. The molecule has 3 aromatic rings. The minimum Gasteiger partial charge on any atom is -0.457 e. The number of hydrogen-bond donors (Lipinski definition) is 0. The van der Waals surface area contributed by atoms with Gasteiger partial charge in [0.05, 0.1) is 5.92 Å². The molecule has 1 fully saturated rings. The van der Waals surface area contributed by atoms with Crippen molar-refractivity contribution in [1.82, 2.24) is 0 Å². The van der Waals surface area contributed by atoms with Gasteiger partial charge in [-0.2, -0.15) is 8.42 Å². The monoisotopic (exact) mass is 571 g/mol. The highest BCUT2D eigenvalue weighted by atomic mass is 79.9. The SMILES string of the molecule is Cc1ccc(S(=O)(=O)Oc2ccc(C(=O)COC(=O)C3CC(=O)N(c4ccc(Br)cc4)C3)cc2)cc1. The summed E-state index contributed by atoms with van der Waals surface area (Å²) in [4.78, 5) is 38.8. The molecular formula is C26H22BrNO7S. The highest BCUT2D eigenvalue weighted by Crippen LogP contribution is 2.27. The third-order valence-corrected chi connectivity index (χ3v) is 7.42. The number of amides is 1. The Morgan fingerprint density at radius 2 is 1.61 bits per heavy atom. The smallest absolute Gasteiger partial charge is 0.339 e. The average Bonchev–Trinajstić information content (AvgIpc) is 3.25. The van der Waals surface area contributed by atoms with Crippen LogP contribution in [0.25, 0.3) is 0 Å². The maximum absolute atomic E-state index is 12.5. The number of esters is 1. The van der Waals surface area contributed by atoms with Crippen molar-refractivity contribution in [1.29, 1.82) is 0 Å². The number of carbonyl (C=O) groups is 3. The lowest BCUT2D eigenvalue weighted by atomic mass is 10.1. The molecule has 36 heavy (non-hydrogen) atoms. The Bertz CT molecular complexity index is 1390. The number of ketones is 1. The first kappa shape index (κ1) is 25.6. The molecule has 1 unspecified atom stereocenters. The lowest BCUT2D eigenvalue weighted by Crippen LogP contribution is -2.27. The average molecular weight is 572 g/mol. The van der Waals surface area contributed by atoms with Crippen molar-refractivity contribution in [2.24, 2.45) is 5.92 Å². The lowest BCUT2D eigenvalue weighted by molar-refractivity contribution is -0.147. The largest absolute Gasteiger partial charge is 0.457 e. The van der Waals surface area contributed by atoms with Crippen molar-refractivity contribution >= 4 is 49.4 Å². The number of ether oxygens (including phenoxy) is 1. The molecule has 0 N–H and O–H groups in total. The summed E-state index contributed by atoms with van der Waals surface area (Å²) in [6, 6.07) is 18.9. The highest BCUT2D eigenvalue weighted by Gasteiger charge is 2.36. The predicted octanol–water partition coefficient (Wildman–Crippen LogP) is 4.30. The molecule has 1 heterocycles. The molecule has 0 spiro atoms. The van der Waals surface area contributed by atoms with E-state index in [0.717, 1.165) is 10.0 Å². The van der Waals surface area contributed by atoms with Crippen molar-refractivity contribution < 1.29 is 31.7 Å². The van der Waals surface area contributed by atoms with Gasteiger partial charge < -0.3 is 13.8 Å². The minimum absolute atomic E-state index is 0.00454. The summed E-state index contributed by atoms with van der Waals surface area (Å²) in [5.41, 5.74) is 1.82. The maximum Gasteiger partial charge on any atom is 0.339 e. The van der Waals surface area contributed by atoms with Crippen molar-refractivity contribution in [3.63, 3.8) is 0 Å². The van der Waals surface area contributed by atoms with Crippen LogP contribution >= 0.6 is 15.9 Å². The standard InChI is InChI=1S/C26H22BrNO7S/c1-17-2-12-23(13-3-17)36(32,33)35-22-10-4-18(5-11-22)24(29)16-34-26(31)19-14-25(30)28(15-19)21-8-6-20(27)7-9-21/h2-13,19H,14-16H2,1H3. The third-order valence-electron chi connectivity index (χ3n) is 5.63. The Kier molecular flexibility index (Phi) is 7.56. The summed E-state index contributed by atoms with van der Waals surface area (Å²) in [5.74, 6) is -1.91. The Labute approximate surface area is 217 Å². The predicted molar refractivity (Wildman–Crippen MR) is 135 cm³/mol. The molecule has 0 aliphatic carbocycles. The van der Waals surface area contributed by atoms with Crippen LogP contribution < -0.4 is 9.08 Å². The van der Waals surface area contributed by atoms with Crippen LogP contribution in [0.3, 0.4) is 0 Å². The van der Waals surface area contributed by atoms with E-state index in [4.69, 9.17) is 8.92 Å². The molecule has 0 aromatic heterocycles. The van der Waals surface area contributed by atoms with E-state index in [1.165, 1.54) is 41.3 Å². The summed E-state index contributed by atoms with van der Waals surface area (Å²) < 4.78 is 36.0. The second-order valence-electron chi connectivity index (χ2n) is 8.29. The topological polar surface area (TPSA) is 107 Å². The van der Waals surface area contributed by atoms with Gasteiger partial charge in [0, 0.05) is 28.7 Å². The molecule has 186 valence electrons. The van der Waals surface area contributed by atoms with Crippen molar-refractivity contribution in [2.45, 2.75) is 18.2 Å². The van der Waals surface area contributed by atoms with Gasteiger partial charge in [-0.3, -0.25) is 14.4 Å². The molecule has 1 saturated heterocycles. The molecule has 1 aliphatic rings. The number of benzene rings is 3. The van der Waals surface area contributed by atoms with Gasteiger partial charge in [-0.1, -0.05) is 33.6 Å².